The lowest BCUT2D eigenvalue weighted by atomic mass is 10.0. The van der Waals surface area contributed by atoms with Crippen LogP contribution in [0.25, 0.3) is 0 Å². The first kappa shape index (κ1) is 14.2. The minimum Gasteiger partial charge on any atom is -0.315 e. The van der Waals surface area contributed by atoms with Gasteiger partial charge in [-0.05, 0) is 31.4 Å². The van der Waals surface area contributed by atoms with E-state index in [0.29, 0.717) is 12.0 Å². The Balaban J connectivity index is 2.21. The summed E-state index contributed by atoms with van der Waals surface area (Å²) in [5.74, 6) is 0.574. The van der Waals surface area contributed by atoms with Crippen molar-refractivity contribution >= 4 is 0 Å². The van der Waals surface area contributed by atoms with Crippen molar-refractivity contribution in [1.29, 1.82) is 0 Å². The van der Waals surface area contributed by atoms with E-state index in [4.69, 9.17) is 0 Å². The minimum absolute atomic E-state index is 0.535. The molecule has 96 valence electrons. The average Bonchev–Trinajstić information content (AvgIpc) is 2.37. The van der Waals surface area contributed by atoms with Gasteiger partial charge >= 0.3 is 0 Å². The van der Waals surface area contributed by atoms with Crippen LogP contribution in [0.1, 0.15) is 38.7 Å². The van der Waals surface area contributed by atoms with Crippen LogP contribution >= 0.6 is 0 Å². The summed E-state index contributed by atoms with van der Waals surface area (Å²) in [6.07, 6.45) is 1.20. The Kier molecular flexibility index (Phi) is 6.90. The maximum Gasteiger partial charge on any atom is 0.0164 e. The Morgan fingerprint density at radius 3 is 2.41 bits per heavy atom. The SMILES string of the molecule is CCCNCC(C)NCC(C)c1ccccc1. The molecule has 0 spiro atoms. The fourth-order valence-corrected chi connectivity index (χ4v) is 1.84. The number of hydrogen-bond donors (Lipinski definition) is 2. The molecule has 2 nitrogen and oxygen atoms in total. The summed E-state index contributed by atoms with van der Waals surface area (Å²) in [6.45, 7) is 9.91. The van der Waals surface area contributed by atoms with Crippen molar-refractivity contribution in [3.05, 3.63) is 35.9 Å². The van der Waals surface area contributed by atoms with Crippen LogP contribution in [0.3, 0.4) is 0 Å². The third-order valence-electron chi connectivity index (χ3n) is 3.02. The fraction of sp³-hybridized carbons (Fsp3) is 0.600. The van der Waals surface area contributed by atoms with Gasteiger partial charge in [0.2, 0.25) is 0 Å². The van der Waals surface area contributed by atoms with Crippen LogP contribution in [-0.4, -0.2) is 25.7 Å². The number of nitrogens with one attached hydrogen (secondary N) is 2. The first-order valence-electron chi connectivity index (χ1n) is 6.73. The van der Waals surface area contributed by atoms with Gasteiger partial charge in [-0.15, -0.1) is 0 Å². The molecule has 1 aromatic carbocycles. The summed E-state index contributed by atoms with van der Waals surface area (Å²) in [5, 5.41) is 7.01. The minimum atomic E-state index is 0.535. The number of hydrogen-bond acceptors (Lipinski definition) is 2. The van der Waals surface area contributed by atoms with Crippen molar-refractivity contribution in [3.63, 3.8) is 0 Å². The Morgan fingerprint density at radius 2 is 1.76 bits per heavy atom. The van der Waals surface area contributed by atoms with Crippen LogP contribution in [0.15, 0.2) is 30.3 Å². The predicted molar refractivity (Wildman–Crippen MR) is 75.5 cm³/mol. The molecule has 2 heteroatoms. The molecule has 0 saturated heterocycles. The Labute approximate surface area is 106 Å². The third kappa shape index (κ3) is 5.85. The molecule has 1 rings (SSSR count). The largest absolute Gasteiger partial charge is 0.315 e. The maximum absolute atomic E-state index is 3.58. The van der Waals surface area contributed by atoms with Gasteiger partial charge in [0, 0.05) is 19.1 Å². The molecule has 0 saturated carbocycles. The Hall–Kier alpha value is -0.860. The highest BCUT2D eigenvalue weighted by Crippen LogP contribution is 2.13. The smallest absolute Gasteiger partial charge is 0.0164 e. The van der Waals surface area contributed by atoms with Crippen molar-refractivity contribution < 1.29 is 0 Å². The molecule has 2 N–H and O–H groups in total. The normalized spacial score (nSPS) is 14.5. The topological polar surface area (TPSA) is 24.1 Å². The van der Waals surface area contributed by atoms with E-state index in [1.165, 1.54) is 12.0 Å². The zero-order valence-corrected chi connectivity index (χ0v) is 11.4. The molecule has 0 fully saturated rings. The fourth-order valence-electron chi connectivity index (χ4n) is 1.84. The van der Waals surface area contributed by atoms with Gasteiger partial charge in [-0.3, -0.25) is 0 Å². The molecule has 1 aromatic rings. The van der Waals surface area contributed by atoms with Gasteiger partial charge in [0.1, 0.15) is 0 Å². The molecule has 0 amide bonds. The van der Waals surface area contributed by atoms with Gasteiger partial charge in [0.15, 0.2) is 0 Å². The van der Waals surface area contributed by atoms with Gasteiger partial charge in [0.25, 0.3) is 0 Å². The molecule has 0 aliphatic carbocycles. The summed E-state index contributed by atoms with van der Waals surface area (Å²) in [4.78, 5) is 0. The van der Waals surface area contributed by atoms with Crippen LogP contribution in [-0.2, 0) is 0 Å². The lowest BCUT2D eigenvalue weighted by molar-refractivity contribution is 0.484. The molecule has 0 radical (unpaired) electrons. The molecule has 0 aromatic heterocycles. The van der Waals surface area contributed by atoms with Crippen LogP contribution in [0.2, 0.25) is 0 Å². The molecule has 2 atom stereocenters. The molecular weight excluding hydrogens is 208 g/mol. The molecule has 0 bridgehead atoms. The molecule has 0 aliphatic heterocycles. The quantitative estimate of drug-likeness (QED) is 0.676. The highest BCUT2D eigenvalue weighted by Gasteiger charge is 2.06. The monoisotopic (exact) mass is 234 g/mol. The van der Waals surface area contributed by atoms with E-state index in [1.54, 1.807) is 0 Å². The molecule has 0 heterocycles. The lowest BCUT2D eigenvalue weighted by Gasteiger charge is -2.18. The first-order chi connectivity index (χ1) is 8.24. The molecule has 17 heavy (non-hydrogen) atoms. The van der Waals surface area contributed by atoms with Gasteiger partial charge < -0.3 is 10.6 Å². The summed E-state index contributed by atoms with van der Waals surface area (Å²) in [7, 11) is 0. The van der Waals surface area contributed by atoms with E-state index < -0.39 is 0 Å². The summed E-state index contributed by atoms with van der Waals surface area (Å²) < 4.78 is 0. The van der Waals surface area contributed by atoms with Gasteiger partial charge in [-0.1, -0.05) is 44.2 Å². The first-order valence-corrected chi connectivity index (χ1v) is 6.73. The van der Waals surface area contributed by atoms with Gasteiger partial charge in [-0.25, -0.2) is 0 Å². The molecule has 2 unspecified atom stereocenters. The predicted octanol–water partition coefficient (Wildman–Crippen LogP) is 2.77. The Morgan fingerprint density at radius 1 is 1.06 bits per heavy atom. The van der Waals surface area contributed by atoms with E-state index in [1.807, 2.05) is 0 Å². The zero-order valence-electron chi connectivity index (χ0n) is 11.4. The zero-order chi connectivity index (χ0) is 12.5. The second-order valence-corrected chi connectivity index (χ2v) is 4.83. The van der Waals surface area contributed by atoms with Crippen LogP contribution in [0.4, 0.5) is 0 Å². The van der Waals surface area contributed by atoms with E-state index >= 15 is 0 Å². The standard InChI is InChI=1S/C15H26N2/c1-4-10-16-12-14(3)17-11-13(2)15-8-6-5-7-9-15/h5-9,13-14,16-17H,4,10-12H2,1-3H3. The van der Waals surface area contributed by atoms with Crippen LogP contribution in [0.5, 0.6) is 0 Å². The third-order valence-corrected chi connectivity index (χ3v) is 3.02. The second kappa shape index (κ2) is 8.26. The van der Waals surface area contributed by atoms with E-state index in [-0.39, 0.29) is 0 Å². The van der Waals surface area contributed by atoms with Crippen molar-refractivity contribution in [1.82, 2.24) is 10.6 Å². The highest BCUT2D eigenvalue weighted by molar-refractivity contribution is 5.18. The van der Waals surface area contributed by atoms with Gasteiger partial charge in [-0.2, -0.15) is 0 Å². The van der Waals surface area contributed by atoms with Crippen LogP contribution in [0, 0.1) is 0 Å². The van der Waals surface area contributed by atoms with Crippen LogP contribution < -0.4 is 10.6 Å². The summed E-state index contributed by atoms with van der Waals surface area (Å²) in [6, 6.07) is 11.2. The second-order valence-electron chi connectivity index (χ2n) is 4.83. The van der Waals surface area contributed by atoms with E-state index in [2.05, 4.69) is 61.7 Å². The highest BCUT2D eigenvalue weighted by atomic mass is 15.0. The number of rotatable bonds is 8. The van der Waals surface area contributed by atoms with Crippen molar-refractivity contribution in [2.24, 2.45) is 0 Å². The van der Waals surface area contributed by atoms with Crippen molar-refractivity contribution in [2.75, 3.05) is 19.6 Å². The van der Waals surface area contributed by atoms with E-state index in [9.17, 15) is 0 Å². The van der Waals surface area contributed by atoms with Gasteiger partial charge in [0.05, 0.1) is 0 Å². The summed E-state index contributed by atoms with van der Waals surface area (Å²) >= 11 is 0. The summed E-state index contributed by atoms with van der Waals surface area (Å²) in [5.41, 5.74) is 1.41. The molecular formula is C15H26N2. The van der Waals surface area contributed by atoms with Crippen molar-refractivity contribution in [2.45, 2.75) is 39.2 Å². The average molecular weight is 234 g/mol. The molecule has 0 aliphatic rings. The van der Waals surface area contributed by atoms with E-state index in [0.717, 1.165) is 19.6 Å². The Bertz CT molecular complexity index is 284. The van der Waals surface area contributed by atoms with Crippen molar-refractivity contribution in [3.8, 4) is 0 Å². The lowest BCUT2D eigenvalue weighted by Crippen LogP contribution is -2.38. The maximum atomic E-state index is 3.58. The number of benzene rings is 1.